The van der Waals surface area contributed by atoms with Gasteiger partial charge in [0.25, 0.3) is 0 Å². The standard InChI is InChI=1S/C24H27N3O3S/c1-5-30-23(29)20-17(4)25-24(27-22(20)18-12-7-6-8-13-18)31-14-19(28)26-21-15(2)10-9-11-16(21)3/h6-13,22H,5,14H2,1-4H3,(H,25,27)(H,26,28)/t22-/m1/s1. The van der Waals surface area contributed by atoms with Crippen LogP contribution >= 0.6 is 11.8 Å². The van der Waals surface area contributed by atoms with Gasteiger partial charge in [-0.2, -0.15) is 0 Å². The topological polar surface area (TPSA) is 79.8 Å². The molecule has 0 saturated heterocycles. The van der Waals surface area contributed by atoms with Gasteiger partial charge in [-0.1, -0.05) is 60.3 Å². The van der Waals surface area contributed by atoms with Crippen molar-refractivity contribution in [3.05, 3.63) is 76.5 Å². The number of hydrogen-bond acceptors (Lipinski definition) is 6. The van der Waals surface area contributed by atoms with Gasteiger partial charge in [0.05, 0.1) is 17.9 Å². The van der Waals surface area contributed by atoms with Crippen molar-refractivity contribution in [3.8, 4) is 0 Å². The molecule has 1 aliphatic rings. The van der Waals surface area contributed by atoms with E-state index in [1.807, 2.05) is 69.3 Å². The smallest absolute Gasteiger partial charge is 0.338 e. The first-order valence-corrected chi connectivity index (χ1v) is 11.2. The molecular formula is C24H27N3O3S. The average Bonchev–Trinajstić information content (AvgIpc) is 2.75. The van der Waals surface area contributed by atoms with Gasteiger partial charge in [0.1, 0.15) is 6.04 Å². The second kappa shape index (κ2) is 10.3. The van der Waals surface area contributed by atoms with Crippen molar-refractivity contribution in [3.63, 3.8) is 0 Å². The molecule has 31 heavy (non-hydrogen) atoms. The molecule has 2 N–H and O–H groups in total. The first kappa shape index (κ1) is 22.6. The number of nitrogens with zero attached hydrogens (tertiary/aromatic N) is 1. The fourth-order valence-electron chi connectivity index (χ4n) is 3.39. The molecule has 3 rings (SSSR count). The number of nitrogens with one attached hydrogen (secondary N) is 2. The molecule has 7 heteroatoms. The van der Waals surface area contributed by atoms with Gasteiger partial charge in [-0.15, -0.1) is 0 Å². The molecule has 0 unspecified atom stereocenters. The van der Waals surface area contributed by atoms with E-state index in [1.54, 1.807) is 6.92 Å². The van der Waals surface area contributed by atoms with E-state index >= 15 is 0 Å². The van der Waals surface area contributed by atoms with E-state index in [1.165, 1.54) is 11.8 Å². The second-order valence-corrected chi connectivity index (χ2v) is 8.20. The van der Waals surface area contributed by atoms with E-state index < -0.39 is 6.04 Å². The lowest BCUT2D eigenvalue weighted by atomic mass is 9.97. The zero-order valence-corrected chi connectivity index (χ0v) is 19.0. The maximum atomic E-state index is 12.6. The molecule has 1 heterocycles. The van der Waals surface area contributed by atoms with Crippen LogP contribution in [-0.2, 0) is 14.3 Å². The highest BCUT2D eigenvalue weighted by molar-refractivity contribution is 8.14. The SMILES string of the molecule is CCOC(=O)C1=C(C)NC(SCC(=O)Nc2c(C)cccc2C)=N[C@@H]1c1ccccc1. The second-order valence-electron chi connectivity index (χ2n) is 7.24. The average molecular weight is 438 g/mol. The van der Waals surface area contributed by atoms with Crippen molar-refractivity contribution in [1.29, 1.82) is 0 Å². The van der Waals surface area contributed by atoms with E-state index in [4.69, 9.17) is 9.73 Å². The highest BCUT2D eigenvalue weighted by Crippen LogP contribution is 2.32. The molecule has 0 spiro atoms. The molecule has 2 aromatic carbocycles. The van der Waals surface area contributed by atoms with Crippen LogP contribution in [0.4, 0.5) is 5.69 Å². The van der Waals surface area contributed by atoms with Crippen LogP contribution in [0.1, 0.15) is 36.6 Å². The number of esters is 1. The summed E-state index contributed by atoms with van der Waals surface area (Å²) in [5.74, 6) is -0.300. The fourth-order valence-corrected chi connectivity index (χ4v) is 4.14. The Morgan fingerprint density at radius 1 is 1.06 bits per heavy atom. The number of amides is 1. The summed E-state index contributed by atoms with van der Waals surface area (Å²) in [5.41, 5.74) is 4.94. The van der Waals surface area contributed by atoms with Crippen molar-refractivity contribution in [2.24, 2.45) is 4.99 Å². The first-order valence-electron chi connectivity index (χ1n) is 10.2. The van der Waals surface area contributed by atoms with Gasteiger partial charge in [-0.3, -0.25) is 4.79 Å². The molecule has 0 aromatic heterocycles. The molecule has 2 aromatic rings. The molecule has 0 saturated carbocycles. The number of aryl methyl sites for hydroxylation is 2. The molecular weight excluding hydrogens is 410 g/mol. The maximum absolute atomic E-state index is 12.6. The number of carbonyl (C=O) groups is 2. The quantitative estimate of drug-likeness (QED) is 0.650. The van der Waals surface area contributed by atoms with E-state index in [0.717, 1.165) is 22.4 Å². The lowest BCUT2D eigenvalue weighted by Crippen LogP contribution is -2.31. The summed E-state index contributed by atoms with van der Waals surface area (Å²) in [5, 5.41) is 6.74. The van der Waals surface area contributed by atoms with Crippen LogP contribution in [0.25, 0.3) is 0 Å². The largest absolute Gasteiger partial charge is 0.463 e. The van der Waals surface area contributed by atoms with Crippen LogP contribution in [0, 0.1) is 13.8 Å². The number of amidine groups is 1. The van der Waals surface area contributed by atoms with Crippen molar-refractivity contribution < 1.29 is 14.3 Å². The summed E-state index contributed by atoms with van der Waals surface area (Å²) < 4.78 is 5.25. The zero-order valence-electron chi connectivity index (χ0n) is 18.2. The number of rotatable bonds is 6. The molecule has 6 nitrogen and oxygen atoms in total. The Hall–Kier alpha value is -3.06. The van der Waals surface area contributed by atoms with E-state index in [2.05, 4.69) is 10.6 Å². The number of para-hydroxylation sites is 1. The zero-order chi connectivity index (χ0) is 22.4. The Kier molecular flexibility index (Phi) is 7.52. The van der Waals surface area contributed by atoms with Gasteiger partial charge in [-0.25, -0.2) is 9.79 Å². The Balaban J connectivity index is 1.76. The first-order chi connectivity index (χ1) is 14.9. The number of anilines is 1. The van der Waals surface area contributed by atoms with Gasteiger partial charge < -0.3 is 15.4 Å². The molecule has 1 aliphatic heterocycles. The minimum atomic E-state index is -0.481. The van der Waals surface area contributed by atoms with Crippen LogP contribution in [0.2, 0.25) is 0 Å². The van der Waals surface area contributed by atoms with Gasteiger partial charge in [0.2, 0.25) is 5.91 Å². The number of ether oxygens (including phenoxy) is 1. The van der Waals surface area contributed by atoms with Gasteiger partial charge in [0.15, 0.2) is 5.17 Å². The third-order valence-electron chi connectivity index (χ3n) is 4.91. The molecule has 0 fully saturated rings. The van der Waals surface area contributed by atoms with Crippen LogP contribution in [0.15, 0.2) is 64.8 Å². The van der Waals surface area contributed by atoms with E-state index in [0.29, 0.717) is 23.0 Å². The summed E-state index contributed by atoms with van der Waals surface area (Å²) in [6.07, 6.45) is 0. The maximum Gasteiger partial charge on any atom is 0.338 e. The van der Waals surface area contributed by atoms with Crippen LogP contribution < -0.4 is 10.6 Å². The normalized spacial score (nSPS) is 15.7. The van der Waals surface area contributed by atoms with Crippen LogP contribution in [0.5, 0.6) is 0 Å². The number of aliphatic imine (C=N–C) groups is 1. The molecule has 0 radical (unpaired) electrons. The third-order valence-corrected chi connectivity index (χ3v) is 5.80. The van der Waals surface area contributed by atoms with E-state index in [9.17, 15) is 9.59 Å². The highest BCUT2D eigenvalue weighted by Gasteiger charge is 2.30. The number of hydrogen-bond donors (Lipinski definition) is 2. The predicted molar refractivity (Wildman–Crippen MR) is 126 cm³/mol. The summed E-state index contributed by atoms with van der Waals surface area (Å²) in [6.45, 7) is 7.84. The summed E-state index contributed by atoms with van der Waals surface area (Å²) >= 11 is 1.31. The third kappa shape index (κ3) is 5.55. The number of thioether (sulfide) groups is 1. The summed E-state index contributed by atoms with van der Waals surface area (Å²) in [4.78, 5) is 29.9. The molecule has 162 valence electrons. The lowest BCUT2D eigenvalue weighted by molar-refractivity contribution is -0.139. The molecule has 1 atom stereocenters. The van der Waals surface area contributed by atoms with Gasteiger partial charge in [0, 0.05) is 11.4 Å². The van der Waals surface area contributed by atoms with Crippen molar-refractivity contribution >= 4 is 34.5 Å². The number of carbonyl (C=O) groups excluding carboxylic acids is 2. The fraction of sp³-hybridized carbons (Fsp3) is 0.292. The highest BCUT2D eigenvalue weighted by atomic mass is 32.2. The summed E-state index contributed by atoms with van der Waals surface area (Å²) in [7, 11) is 0. The van der Waals surface area contributed by atoms with Crippen LogP contribution in [0.3, 0.4) is 0 Å². The van der Waals surface area contributed by atoms with E-state index in [-0.39, 0.29) is 17.6 Å². The Morgan fingerprint density at radius 3 is 2.39 bits per heavy atom. The predicted octanol–water partition coefficient (Wildman–Crippen LogP) is 4.51. The summed E-state index contributed by atoms with van der Waals surface area (Å²) in [6, 6.07) is 15.0. The molecule has 1 amide bonds. The Labute approximate surface area is 187 Å². The van der Waals surface area contributed by atoms with Crippen molar-refractivity contribution in [2.75, 3.05) is 17.7 Å². The van der Waals surface area contributed by atoms with Crippen molar-refractivity contribution in [2.45, 2.75) is 33.7 Å². The Morgan fingerprint density at radius 2 is 1.74 bits per heavy atom. The number of allylic oxidation sites excluding steroid dienone is 1. The van der Waals surface area contributed by atoms with Gasteiger partial charge >= 0.3 is 5.97 Å². The Bertz CT molecular complexity index is 1010. The molecule has 0 bridgehead atoms. The van der Waals surface area contributed by atoms with Crippen molar-refractivity contribution in [1.82, 2.24) is 5.32 Å². The number of benzene rings is 2. The molecule has 0 aliphatic carbocycles. The van der Waals surface area contributed by atoms with Gasteiger partial charge in [-0.05, 0) is 44.4 Å². The monoisotopic (exact) mass is 437 g/mol. The van der Waals surface area contributed by atoms with Crippen LogP contribution in [-0.4, -0.2) is 29.4 Å². The lowest BCUT2D eigenvalue weighted by Gasteiger charge is -2.25. The minimum absolute atomic E-state index is 0.110. The minimum Gasteiger partial charge on any atom is -0.463 e.